The van der Waals surface area contributed by atoms with Gasteiger partial charge in [-0.15, -0.1) is 0 Å². The van der Waals surface area contributed by atoms with Crippen LogP contribution >= 0.6 is 0 Å². The quantitative estimate of drug-likeness (QED) is 0.445. The number of hydrogen-bond acceptors (Lipinski definition) is 6. The van der Waals surface area contributed by atoms with Gasteiger partial charge in [-0.3, -0.25) is 14.4 Å². The summed E-state index contributed by atoms with van der Waals surface area (Å²) in [6.45, 7) is 0.297. The molecule has 0 aromatic heterocycles. The van der Waals surface area contributed by atoms with Gasteiger partial charge in [0.1, 0.15) is 18.2 Å². The Morgan fingerprint density at radius 1 is 1.04 bits per heavy atom. The van der Waals surface area contributed by atoms with Crippen molar-refractivity contribution in [2.45, 2.75) is 18.2 Å². The van der Waals surface area contributed by atoms with Crippen molar-refractivity contribution >= 4 is 27.8 Å². The molecule has 150 valence electrons. The van der Waals surface area contributed by atoms with E-state index in [4.69, 9.17) is 0 Å². The van der Waals surface area contributed by atoms with Crippen LogP contribution in [0.3, 0.4) is 0 Å². The molecule has 0 bridgehead atoms. The summed E-state index contributed by atoms with van der Waals surface area (Å²) in [6.07, 6.45) is 0.726. The van der Waals surface area contributed by atoms with Crippen molar-refractivity contribution < 1.29 is 36.3 Å². The third-order valence-corrected chi connectivity index (χ3v) is 4.43. The first-order valence-electron chi connectivity index (χ1n) is 7.80. The topological polar surface area (TPSA) is 131 Å². The van der Waals surface area contributed by atoms with Gasteiger partial charge in [0, 0.05) is 6.54 Å². The number of carbonyl (C=O) groups excluding carboxylic acids is 3. The molecule has 0 aliphatic heterocycles. The predicted molar refractivity (Wildman–Crippen MR) is 88.8 cm³/mol. The maximum atomic E-state index is 13.5. The number of rotatable bonds is 10. The number of amides is 2. The molecule has 2 amide bonds. The van der Waals surface area contributed by atoms with Crippen LogP contribution in [0, 0.1) is 11.6 Å². The molecule has 0 saturated carbocycles. The van der Waals surface area contributed by atoms with Crippen LogP contribution < -0.4 is 15.4 Å². The second-order valence-corrected chi connectivity index (χ2v) is 6.87. The number of hydrogen-bond donors (Lipinski definition) is 3. The van der Waals surface area contributed by atoms with Crippen molar-refractivity contribution in [3.05, 3.63) is 29.8 Å². The molecule has 12 heteroatoms. The predicted octanol–water partition coefficient (Wildman–Crippen LogP) is -0.571. The zero-order valence-electron chi connectivity index (χ0n) is 14.4. The Balaban J connectivity index is 2.43. The SMILES string of the molecule is CCCNC(=O)CNC(=O)COC(=O)CNS(=O)(=O)c1c(F)cccc1F. The smallest absolute Gasteiger partial charge is 0.321 e. The van der Waals surface area contributed by atoms with E-state index in [0.717, 1.165) is 24.6 Å². The summed E-state index contributed by atoms with van der Waals surface area (Å²) in [5.41, 5.74) is 0. The highest BCUT2D eigenvalue weighted by atomic mass is 32.2. The van der Waals surface area contributed by atoms with Gasteiger partial charge in [-0.2, -0.15) is 4.72 Å². The first-order valence-corrected chi connectivity index (χ1v) is 9.28. The van der Waals surface area contributed by atoms with Gasteiger partial charge in [-0.1, -0.05) is 13.0 Å². The summed E-state index contributed by atoms with van der Waals surface area (Å²) >= 11 is 0. The standard InChI is InChI=1S/C15H19F2N3O6S/c1-2-6-18-12(21)7-19-13(22)9-26-14(23)8-20-27(24,25)15-10(16)4-3-5-11(15)17/h3-5,20H,2,6-9H2,1H3,(H,18,21)(H,19,22). The second-order valence-electron chi connectivity index (χ2n) is 5.16. The molecule has 1 aromatic rings. The van der Waals surface area contributed by atoms with Gasteiger partial charge < -0.3 is 15.4 Å². The Hall–Kier alpha value is -2.60. The lowest BCUT2D eigenvalue weighted by Crippen LogP contribution is -2.39. The Bertz CT molecular complexity index is 780. The van der Waals surface area contributed by atoms with Gasteiger partial charge in [-0.05, 0) is 18.6 Å². The highest BCUT2D eigenvalue weighted by Crippen LogP contribution is 2.17. The van der Waals surface area contributed by atoms with Crippen molar-refractivity contribution in [2.24, 2.45) is 0 Å². The van der Waals surface area contributed by atoms with Gasteiger partial charge in [0.05, 0.1) is 6.54 Å². The number of ether oxygens (including phenoxy) is 1. The average molecular weight is 407 g/mol. The Labute approximate surface area is 154 Å². The maximum absolute atomic E-state index is 13.5. The van der Waals surface area contributed by atoms with Gasteiger partial charge in [0.25, 0.3) is 5.91 Å². The third kappa shape index (κ3) is 7.66. The van der Waals surface area contributed by atoms with E-state index in [1.807, 2.05) is 6.92 Å². The monoisotopic (exact) mass is 407 g/mol. The normalized spacial score (nSPS) is 10.9. The zero-order chi connectivity index (χ0) is 20.4. The molecule has 0 atom stereocenters. The van der Waals surface area contributed by atoms with E-state index in [1.54, 1.807) is 4.72 Å². The minimum Gasteiger partial charge on any atom is -0.455 e. The fraction of sp³-hybridized carbons (Fsp3) is 0.400. The average Bonchev–Trinajstić information content (AvgIpc) is 2.61. The Morgan fingerprint density at radius 2 is 1.67 bits per heavy atom. The largest absolute Gasteiger partial charge is 0.455 e. The van der Waals surface area contributed by atoms with Crippen LogP contribution in [0.25, 0.3) is 0 Å². The van der Waals surface area contributed by atoms with Crippen LogP contribution in [0.15, 0.2) is 23.1 Å². The lowest BCUT2D eigenvalue weighted by molar-refractivity contribution is -0.147. The maximum Gasteiger partial charge on any atom is 0.321 e. The van der Waals surface area contributed by atoms with Crippen molar-refractivity contribution in [1.82, 2.24) is 15.4 Å². The van der Waals surface area contributed by atoms with Crippen LogP contribution in [0.4, 0.5) is 8.78 Å². The number of halogens is 2. The van der Waals surface area contributed by atoms with E-state index < -0.39 is 57.5 Å². The van der Waals surface area contributed by atoms with E-state index in [1.165, 1.54) is 0 Å². The van der Waals surface area contributed by atoms with Gasteiger partial charge in [0.2, 0.25) is 15.9 Å². The molecule has 0 spiro atoms. The molecule has 0 aliphatic carbocycles. The van der Waals surface area contributed by atoms with Crippen LogP contribution in [-0.2, 0) is 29.1 Å². The van der Waals surface area contributed by atoms with E-state index in [0.29, 0.717) is 6.54 Å². The highest BCUT2D eigenvalue weighted by molar-refractivity contribution is 7.89. The Kier molecular flexibility index (Phi) is 8.75. The molecule has 3 N–H and O–H groups in total. The number of nitrogens with one attached hydrogen (secondary N) is 3. The molecule has 9 nitrogen and oxygen atoms in total. The van der Waals surface area contributed by atoms with E-state index in [2.05, 4.69) is 15.4 Å². The van der Waals surface area contributed by atoms with Crippen molar-refractivity contribution in [2.75, 3.05) is 26.2 Å². The van der Waals surface area contributed by atoms with Crippen LogP contribution in [0.1, 0.15) is 13.3 Å². The zero-order valence-corrected chi connectivity index (χ0v) is 15.2. The number of sulfonamides is 1. The summed E-state index contributed by atoms with van der Waals surface area (Å²) < 4.78 is 56.9. The van der Waals surface area contributed by atoms with Crippen molar-refractivity contribution in [3.8, 4) is 0 Å². The molecule has 0 saturated heterocycles. The molecule has 1 rings (SSSR count). The van der Waals surface area contributed by atoms with E-state index in [9.17, 15) is 31.6 Å². The number of carbonyl (C=O) groups is 3. The lowest BCUT2D eigenvalue weighted by atomic mass is 10.3. The highest BCUT2D eigenvalue weighted by Gasteiger charge is 2.24. The summed E-state index contributed by atoms with van der Waals surface area (Å²) in [4.78, 5) is 33.0. The number of benzene rings is 1. The molecule has 0 unspecified atom stereocenters. The van der Waals surface area contributed by atoms with Crippen LogP contribution in [0.2, 0.25) is 0 Å². The van der Waals surface area contributed by atoms with Gasteiger partial charge in [0.15, 0.2) is 11.5 Å². The molecule has 27 heavy (non-hydrogen) atoms. The van der Waals surface area contributed by atoms with Crippen molar-refractivity contribution in [1.29, 1.82) is 0 Å². The second kappa shape index (κ2) is 10.5. The van der Waals surface area contributed by atoms with Gasteiger partial charge >= 0.3 is 5.97 Å². The molecule has 0 radical (unpaired) electrons. The summed E-state index contributed by atoms with van der Waals surface area (Å²) in [5.74, 6) is -5.00. The van der Waals surface area contributed by atoms with Crippen LogP contribution in [-0.4, -0.2) is 52.4 Å². The minimum absolute atomic E-state index is 0.310. The Morgan fingerprint density at radius 3 is 2.26 bits per heavy atom. The van der Waals surface area contributed by atoms with Crippen LogP contribution in [0.5, 0.6) is 0 Å². The molecule has 1 aromatic carbocycles. The first kappa shape index (κ1) is 22.4. The van der Waals surface area contributed by atoms with E-state index in [-0.39, 0.29) is 6.54 Å². The minimum atomic E-state index is -4.64. The van der Waals surface area contributed by atoms with Gasteiger partial charge in [-0.25, -0.2) is 17.2 Å². The first-order chi connectivity index (χ1) is 12.7. The number of esters is 1. The van der Waals surface area contributed by atoms with Crippen molar-refractivity contribution in [3.63, 3.8) is 0 Å². The molecule has 0 aliphatic rings. The third-order valence-electron chi connectivity index (χ3n) is 2.98. The molecular weight excluding hydrogens is 388 g/mol. The fourth-order valence-corrected chi connectivity index (χ4v) is 2.82. The summed E-state index contributed by atoms with van der Waals surface area (Å²) in [7, 11) is -4.64. The molecular formula is C15H19F2N3O6S. The molecule has 0 fully saturated rings. The molecule has 0 heterocycles. The fourth-order valence-electron chi connectivity index (χ4n) is 1.72. The summed E-state index contributed by atoms with van der Waals surface area (Å²) in [6, 6.07) is 2.48. The lowest BCUT2D eigenvalue weighted by Gasteiger charge is -2.09. The summed E-state index contributed by atoms with van der Waals surface area (Å²) in [5, 5.41) is 4.71. The van der Waals surface area contributed by atoms with E-state index >= 15 is 0 Å².